The van der Waals surface area contributed by atoms with Crippen LogP contribution in [0.5, 0.6) is 0 Å². The number of nitrogens with zero attached hydrogens (tertiary/aromatic N) is 3. The number of aromatic nitrogens is 3. The lowest BCUT2D eigenvalue weighted by Crippen LogP contribution is -2.39. The smallest absolute Gasteiger partial charge is 0.347 e. The lowest BCUT2D eigenvalue weighted by atomic mass is 9.97. The Kier molecular flexibility index (Phi) is 7.29. The van der Waals surface area contributed by atoms with Gasteiger partial charge >= 0.3 is 11.4 Å². The molecule has 1 N–H and O–H groups in total. The molecular weight excluding hydrogens is 318 g/mol. The van der Waals surface area contributed by atoms with Crippen molar-refractivity contribution in [3.05, 3.63) is 32.6 Å². The molecule has 1 aliphatic heterocycles. The Morgan fingerprint density at radius 1 is 1.08 bits per heavy atom. The van der Waals surface area contributed by atoms with E-state index in [1.54, 1.807) is 0 Å². The van der Waals surface area contributed by atoms with Crippen molar-refractivity contribution in [1.29, 1.82) is 0 Å². The van der Waals surface area contributed by atoms with Crippen molar-refractivity contribution in [3.63, 3.8) is 0 Å². The van der Waals surface area contributed by atoms with E-state index in [0.29, 0.717) is 13.0 Å². The van der Waals surface area contributed by atoms with Gasteiger partial charge in [-0.15, -0.1) is 0 Å². The molecule has 0 spiro atoms. The number of hydrogen-bond acceptors (Lipinski definition) is 3. The van der Waals surface area contributed by atoms with Crippen molar-refractivity contribution in [3.8, 4) is 0 Å². The third-order valence-corrected chi connectivity index (χ3v) is 5.14. The molecule has 1 aromatic rings. The van der Waals surface area contributed by atoms with Gasteiger partial charge in [0.1, 0.15) is 0 Å². The summed E-state index contributed by atoms with van der Waals surface area (Å²) >= 11 is 0. The third-order valence-electron chi connectivity index (χ3n) is 5.14. The predicted molar refractivity (Wildman–Crippen MR) is 100.0 cm³/mol. The Hall–Kier alpha value is -1.56. The third kappa shape index (κ3) is 4.54. The van der Waals surface area contributed by atoms with Crippen molar-refractivity contribution < 1.29 is 5.11 Å². The van der Waals surface area contributed by atoms with Crippen molar-refractivity contribution in [2.45, 2.75) is 90.3 Å². The van der Waals surface area contributed by atoms with Crippen LogP contribution in [0, 0.1) is 0 Å². The fourth-order valence-electron chi connectivity index (χ4n) is 3.58. The molecule has 6 heteroatoms. The van der Waals surface area contributed by atoms with Gasteiger partial charge in [0.2, 0.25) is 0 Å². The number of allylic oxidation sites excluding steroid dienone is 1. The van der Waals surface area contributed by atoms with E-state index < -0.39 is 12.1 Å². The monoisotopic (exact) mass is 351 g/mol. The molecule has 0 bridgehead atoms. The van der Waals surface area contributed by atoms with Crippen LogP contribution in [0.3, 0.4) is 0 Å². The van der Waals surface area contributed by atoms with E-state index in [4.69, 9.17) is 0 Å². The second-order valence-corrected chi connectivity index (χ2v) is 7.22. The molecule has 0 unspecified atom stereocenters. The van der Waals surface area contributed by atoms with E-state index in [1.807, 2.05) is 6.08 Å². The minimum absolute atomic E-state index is 0.296. The van der Waals surface area contributed by atoms with Crippen molar-refractivity contribution in [2.75, 3.05) is 0 Å². The summed E-state index contributed by atoms with van der Waals surface area (Å²) in [7, 11) is 1.50. The fourth-order valence-corrected chi connectivity index (χ4v) is 3.58. The summed E-state index contributed by atoms with van der Waals surface area (Å²) in [6, 6.07) is -0.437. The molecule has 0 radical (unpaired) electrons. The van der Waals surface area contributed by atoms with Crippen LogP contribution < -0.4 is 11.4 Å². The van der Waals surface area contributed by atoms with Gasteiger partial charge in [0, 0.05) is 7.05 Å². The molecule has 1 aliphatic rings. The Bertz CT molecular complexity index is 696. The molecule has 1 aromatic heterocycles. The van der Waals surface area contributed by atoms with E-state index in [1.165, 1.54) is 35.7 Å². The second-order valence-electron chi connectivity index (χ2n) is 7.22. The molecule has 142 valence electrons. The number of fused-ring (bicyclic) bond motifs is 1. The predicted octanol–water partition coefficient (Wildman–Crippen LogP) is 2.74. The maximum Gasteiger partial charge on any atom is 0.347 e. The minimum Gasteiger partial charge on any atom is -0.391 e. The van der Waals surface area contributed by atoms with E-state index >= 15 is 0 Å². The van der Waals surface area contributed by atoms with Crippen LogP contribution in [-0.2, 0) is 13.6 Å². The molecule has 0 amide bonds. The maximum atomic E-state index is 12.4. The largest absolute Gasteiger partial charge is 0.391 e. The standard InChI is InChI=1S/C19H33N3O3/c1-4-6-8-10-11-15-13-16(17(23)12-9-7-5-2)22-19(25)20(3)18(24)21(22)14-15/h13,16-17,23H,4-12,14H2,1-3H3/t16-,17-/m1/s1. The summed E-state index contributed by atoms with van der Waals surface area (Å²) in [5.41, 5.74) is 0.518. The van der Waals surface area contributed by atoms with Crippen LogP contribution in [0.25, 0.3) is 0 Å². The Balaban J connectivity index is 2.23. The van der Waals surface area contributed by atoms with E-state index in [2.05, 4.69) is 13.8 Å². The zero-order chi connectivity index (χ0) is 18.4. The lowest BCUT2D eigenvalue weighted by Gasteiger charge is -2.28. The van der Waals surface area contributed by atoms with Gasteiger partial charge in [-0.1, -0.05) is 64.0 Å². The van der Waals surface area contributed by atoms with Crippen molar-refractivity contribution in [2.24, 2.45) is 7.05 Å². The molecule has 0 fully saturated rings. The normalized spacial score (nSPS) is 18.1. The van der Waals surface area contributed by atoms with Gasteiger partial charge in [0.15, 0.2) is 0 Å². The summed E-state index contributed by atoms with van der Waals surface area (Å²) in [5, 5.41) is 10.7. The highest BCUT2D eigenvalue weighted by atomic mass is 16.3. The first kappa shape index (κ1) is 19.8. The molecule has 2 atom stereocenters. The fraction of sp³-hybridized carbons (Fsp3) is 0.789. The van der Waals surface area contributed by atoms with Crippen LogP contribution in [0.15, 0.2) is 21.2 Å². The van der Waals surface area contributed by atoms with Crippen molar-refractivity contribution in [1.82, 2.24) is 13.9 Å². The lowest BCUT2D eigenvalue weighted by molar-refractivity contribution is 0.102. The van der Waals surface area contributed by atoms with Gasteiger partial charge in [-0.05, 0) is 19.3 Å². The first-order valence-corrected chi connectivity index (χ1v) is 9.77. The van der Waals surface area contributed by atoms with E-state index in [9.17, 15) is 14.7 Å². The first-order chi connectivity index (χ1) is 12.0. The Morgan fingerprint density at radius 2 is 1.76 bits per heavy atom. The van der Waals surface area contributed by atoms with Gasteiger partial charge in [-0.3, -0.25) is 0 Å². The van der Waals surface area contributed by atoms with E-state index in [-0.39, 0.29) is 11.4 Å². The minimum atomic E-state index is -0.636. The summed E-state index contributed by atoms with van der Waals surface area (Å²) in [4.78, 5) is 24.8. The van der Waals surface area contributed by atoms with Gasteiger partial charge in [0.25, 0.3) is 0 Å². The van der Waals surface area contributed by atoms with Gasteiger partial charge in [-0.25, -0.2) is 23.5 Å². The summed E-state index contributed by atoms with van der Waals surface area (Å²) < 4.78 is 4.10. The van der Waals surface area contributed by atoms with E-state index in [0.717, 1.165) is 42.2 Å². The highest BCUT2D eigenvalue weighted by Crippen LogP contribution is 2.25. The molecule has 2 heterocycles. The zero-order valence-corrected chi connectivity index (χ0v) is 15.9. The van der Waals surface area contributed by atoms with Crippen LogP contribution in [0.1, 0.15) is 77.7 Å². The summed E-state index contributed by atoms with van der Waals surface area (Å²) in [5.74, 6) is 0. The average Bonchev–Trinajstić information content (AvgIpc) is 2.83. The molecule has 0 saturated heterocycles. The Morgan fingerprint density at radius 3 is 2.44 bits per heavy atom. The zero-order valence-electron chi connectivity index (χ0n) is 15.9. The average molecular weight is 351 g/mol. The topological polar surface area (TPSA) is 69.2 Å². The van der Waals surface area contributed by atoms with Gasteiger partial charge in [0.05, 0.1) is 18.7 Å². The van der Waals surface area contributed by atoms with Gasteiger partial charge in [-0.2, -0.15) is 0 Å². The molecule has 0 aliphatic carbocycles. The molecule has 25 heavy (non-hydrogen) atoms. The highest BCUT2D eigenvalue weighted by Gasteiger charge is 2.29. The van der Waals surface area contributed by atoms with Crippen molar-refractivity contribution >= 4 is 0 Å². The van der Waals surface area contributed by atoms with Crippen LogP contribution in [0.2, 0.25) is 0 Å². The number of hydrogen-bond donors (Lipinski definition) is 1. The van der Waals surface area contributed by atoms with Crippen LogP contribution in [0.4, 0.5) is 0 Å². The summed E-state index contributed by atoms with van der Waals surface area (Å²) in [6.45, 7) is 4.77. The molecular formula is C19H33N3O3. The second kappa shape index (κ2) is 9.22. The van der Waals surface area contributed by atoms with Gasteiger partial charge < -0.3 is 5.11 Å². The number of unbranched alkanes of at least 4 members (excludes halogenated alkanes) is 5. The summed E-state index contributed by atoms with van der Waals surface area (Å²) in [6.07, 6.45) is 10.7. The highest BCUT2D eigenvalue weighted by molar-refractivity contribution is 5.12. The molecule has 0 aromatic carbocycles. The SMILES string of the molecule is CCCCCCC1=C[C@H]([C@H](O)CCCCC)n2c(=O)n(C)c(=O)n2C1. The molecule has 0 saturated carbocycles. The number of rotatable bonds is 10. The number of aliphatic hydroxyl groups is 1. The first-order valence-electron chi connectivity index (χ1n) is 9.77. The molecule has 6 nitrogen and oxygen atoms in total. The Labute approximate surface area is 149 Å². The quantitative estimate of drug-likeness (QED) is 0.520. The number of aliphatic hydroxyl groups excluding tert-OH is 1. The van der Waals surface area contributed by atoms with Crippen LogP contribution >= 0.6 is 0 Å². The maximum absolute atomic E-state index is 12.4. The molecule has 2 rings (SSSR count). The van der Waals surface area contributed by atoms with Crippen LogP contribution in [-0.4, -0.2) is 25.1 Å².